The number of carbonyl (C=O) groups is 1. The van der Waals surface area contributed by atoms with Crippen LogP contribution in [-0.4, -0.2) is 53.7 Å². The molecular formula is C24H25F3N4O2. The summed E-state index contributed by atoms with van der Waals surface area (Å²) in [4.78, 5) is 20.5. The molecule has 1 amide bonds. The van der Waals surface area contributed by atoms with Crippen molar-refractivity contribution in [1.29, 1.82) is 5.26 Å². The van der Waals surface area contributed by atoms with Gasteiger partial charge in [-0.2, -0.15) is 18.4 Å². The van der Waals surface area contributed by atoms with Crippen LogP contribution in [0, 0.1) is 22.7 Å². The van der Waals surface area contributed by atoms with Gasteiger partial charge in [0.1, 0.15) is 0 Å². The van der Waals surface area contributed by atoms with Crippen molar-refractivity contribution < 1.29 is 23.1 Å². The molecule has 1 unspecified atom stereocenters. The number of anilines is 1. The Balaban J connectivity index is 1.46. The van der Waals surface area contributed by atoms with E-state index in [1.807, 2.05) is 4.90 Å². The maximum Gasteiger partial charge on any atom is 0.417 e. The van der Waals surface area contributed by atoms with E-state index in [9.17, 15) is 23.1 Å². The van der Waals surface area contributed by atoms with Gasteiger partial charge in [0.05, 0.1) is 23.6 Å². The first-order valence-corrected chi connectivity index (χ1v) is 10.9. The maximum absolute atomic E-state index is 13.4. The number of pyridine rings is 1. The second-order valence-electron chi connectivity index (χ2n) is 8.87. The number of hydrogen-bond donors (Lipinski definition) is 1. The molecule has 1 aromatic heterocycles. The number of alkyl halides is 3. The zero-order chi connectivity index (χ0) is 23.6. The first kappa shape index (κ1) is 23.1. The number of nitriles is 1. The lowest BCUT2D eigenvalue weighted by Crippen LogP contribution is -2.45. The summed E-state index contributed by atoms with van der Waals surface area (Å²) in [5.74, 6) is -0.0615. The molecule has 1 spiro atoms. The molecule has 0 radical (unpaired) electrons. The molecule has 2 aliphatic rings. The highest BCUT2D eigenvalue weighted by Gasteiger charge is 2.49. The Morgan fingerprint density at radius 1 is 1.21 bits per heavy atom. The Kier molecular flexibility index (Phi) is 6.30. The molecule has 2 fully saturated rings. The molecule has 1 aromatic carbocycles. The molecular weight excluding hydrogens is 433 g/mol. The summed E-state index contributed by atoms with van der Waals surface area (Å²) in [6.07, 6.45) is 0.300. The smallest absolute Gasteiger partial charge is 0.396 e. The zero-order valence-corrected chi connectivity index (χ0v) is 18.1. The fourth-order valence-corrected chi connectivity index (χ4v) is 5.10. The van der Waals surface area contributed by atoms with Crippen molar-refractivity contribution in [1.82, 2.24) is 9.88 Å². The number of aromatic nitrogens is 1. The third kappa shape index (κ3) is 4.67. The largest absolute Gasteiger partial charge is 0.417 e. The summed E-state index contributed by atoms with van der Waals surface area (Å²) in [6, 6.07) is 9.03. The summed E-state index contributed by atoms with van der Waals surface area (Å²) in [7, 11) is 0. The van der Waals surface area contributed by atoms with Crippen LogP contribution in [0.25, 0.3) is 0 Å². The lowest BCUT2D eigenvalue weighted by Gasteiger charge is -2.43. The number of carbonyl (C=O) groups excluding carboxylic acids is 1. The fraction of sp³-hybridized carbons (Fsp3) is 0.458. The van der Waals surface area contributed by atoms with E-state index in [-0.39, 0.29) is 35.8 Å². The van der Waals surface area contributed by atoms with Crippen LogP contribution in [0.15, 0.2) is 42.7 Å². The van der Waals surface area contributed by atoms with Gasteiger partial charge in [-0.3, -0.25) is 9.78 Å². The van der Waals surface area contributed by atoms with Gasteiger partial charge in [0.25, 0.3) is 0 Å². The van der Waals surface area contributed by atoms with E-state index in [2.05, 4.69) is 4.98 Å². The minimum atomic E-state index is -4.60. The third-order valence-corrected chi connectivity index (χ3v) is 7.04. The highest BCUT2D eigenvalue weighted by Crippen LogP contribution is 2.46. The van der Waals surface area contributed by atoms with Gasteiger partial charge in [0.15, 0.2) is 0 Å². The molecule has 3 heterocycles. The van der Waals surface area contributed by atoms with E-state index in [1.165, 1.54) is 6.07 Å². The number of nitrogens with zero attached hydrogens (tertiary/aromatic N) is 4. The predicted molar refractivity (Wildman–Crippen MR) is 115 cm³/mol. The molecule has 174 valence electrons. The van der Waals surface area contributed by atoms with Crippen LogP contribution in [-0.2, 0) is 17.4 Å². The second kappa shape index (κ2) is 9.02. The molecule has 4 rings (SSSR count). The molecule has 2 saturated heterocycles. The quantitative estimate of drug-likeness (QED) is 0.761. The first-order valence-electron chi connectivity index (χ1n) is 10.9. The number of aliphatic hydroxyl groups is 1. The highest BCUT2D eigenvalue weighted by atomic mass is 19.4. The van der Waals surface area contributed by atoms with Crippen LogP contribution in [0.2, 0.25) is 0 Å². The topological polar surface area (TPSA) is 80.5 Å². The average Bonchev–Trinajstić information content (AvgIpc) is 3.17. The van der Waals surface area contributed by atoms with Gasteiger partial charge in [0, 0.05) is 56.8 Å². The van der Waals surface area contributed by atoms with Crippen molar-refractivity contribution in [3.63, 3.8) is 0 Å². The standard InChI is InChI=1S/C24H25F3N4O2/c25-24(26,27)21-12-20(2-1-18(21)13-28)30-9-5-23(6-10-30)16-31(14-19(23)15-32)22(33)11-17-3-7-29-8-4-17/h1-4,7-8,12,19,32H,5-6,9-11,14-16H2. The minimum absolute atomic E-state index is 0.000802. The summed E-state index contributed by atoms with van der Waals surface area (Å²) in [5, 5.41) is 19.0. The van der Waals surface area contributed by atoms with Gasteiger partial charge in [-0.15, -0.1) is 0 Å². The molecule has 0 aliphatic carbocycles. The number of amides is 1. The molecule has 2 aliphatic heterocycles. The van der Waals surface area contributed by atoms with E-state index in [0.29, 0.717) is 44.7 Å². The summed E-state index contributed by atoms with van der Waals surface area (Å²) < 4.78 is 40.1. The normalized spacial score (nSPS) is 20.2. The fourth-order valence-electron chi connectivity index (χ4n) is 5.10. The Bertz CT molecular complexity index is 1040. The number of halogens is 3. The molecule has 0 bridgehead atoms. The van der Waals surface area contributed by atoms with Crippen molar-refractivity contribution in [3.05, 3.63) is 59.4 Å². The number of hydrogen-bond acceptors (Lipinski definition) is 5. The molecule has 0 saturated carbocycles. The molecule has 9 heteroatoms. The number of piperidine rings is 1. The number of likely N-dealkylation sites (tertiary alicyclic amines) is 1. The van der Waals surface area contributed by atoms with E-state index >= 15 is 0 Å². The van der Waals surface area contributed by atoms with Crippen molar-refractivity contribution in [2.75, 3.05) is 37.7 Å². The van der Waals surface area contributed by atoms with Gasteiger partial charge in [0.2, 0.25) is 5.91 Å². The summed E-state index contributed by atoms with van der Waals surface area (Å²) in [6.45, 7) is 2.03. The lowest BCUT2D eigenvalue weighted by molar-refractivity contribution is -0.137. The zero-order valence-electron chi connectivity index (χ0n) is 18.1. The Morgan fingerprint density at radius 2 is 1.91 bits per heavy atom. The van der Waals surface area contributed by atoms with Crippen molar-refractivity contribution in [2.45, 2.75) is 25.4 Å². The van der Waals surface area contributed by atoms with Crippen molar-refractivity contribution in [3.8, 4) is 6.07 Å². The van der Waals surface area contributed by atoms with Gasteiger partial charge >= 0.3 is 6.18 Å². The van der Waals surface area contributed by atoms with E-state index in [4.69, 9.17) is 5.26 Å². The number of aliphatic hydroxyl groups excluding tert-OH is 1. The van der Waals surface area contributed by atoms with Crippen LogP contribution in [0.5, 0.6) is 0 Å². The van der Waals surface area contributed by atoms with Crippen LogP contribution in [0.1, 0.15) is 29.5 Å². The number of rotatable bonds is 4. The van der Waals surface area contributed by atoms with E-state index < -0.39 is 11.7 Å². The number of benzene rings is 1. The first-order chi connectivity index (χ1) is 15.8. The van der Waals surface area contributed by atoms with Crippen molar-refractivity contribution in [2.24, 2.45) is 11.3 Å². The predicted octanol–water partition coefficient (Wildman–Crippen LogP) is 3.25. The Hall–Kier alpha value is -3.12. The second-order valence-corrected chi connectivity index (χ2v) is 8.87. The lowest BCUT2D eigenvalue weighted by atomic mass is 9.71. The monoisotopic (exact) mass is 458 g/mol. The van der Waals surface area contributed by atoms with Gasteiger partial charge < -0.3 is 14.9 Å². The van der Waals surface area contributed by atoms with Crippen LogP contribution in [0.3, 0.4) is 0 Å². The molecule has 1 atom stereocenters. The van der Waals surface area contributed by atoms with E-state index in [1.54, 1.807) is 41.6 Å². The summed E-state index contributed by atoms with van der Waals surface area (Å²) >= 11 is 0. The highest BCUT2D eigenvalue weighted by molar-refractivity contribution is 5.79. The van der Waals surface area contributed by atoms with E-state index in [0.717, 1.165) is 11.6 Å². The van der Waals surface area contributed by atoms with Crippen LogP contribution < -0.4 is 4.90 Å². The maximum atomic E-state index is 13.4. The van der Waals surface area contributed by atoms with Gasteiger partial charge in [-0.1, -0.05) is 0 Å². The Morgan fingerprint density at radius 3 is 2.52 bits per heavy atom. The SMILES string of the molecule is N#Cc1ccc(N2CCC3(CC2)CN(C(=O)Cc2ccncc2)CC3CO)cc1C(F)(F)F. The Labute approximate surface area is 190 Å². The third-order valence-electron chi connectivity index (χ3n) is 7.04. The van der Waals surface area contributed by atoms with Gasteiger partial charge in [-0.25, -0.2) is 0 Å². The van der Waals surface area contributed by atoms with Crippen molar-refractivity contribution >= 4 is 11.6 Å². The van der Waals surface area contributed by atoms with Crippen LogP contribution >= 0.6 is 0 Å². The molecule has 1 N–H and O–H groups in total. The summed E-state index contributed by atoms with van der Waals surface area (Å²) in [5.41, 5.74) is -0.254. The molecule has 2 aromatic rings. The molecule has 6 nitrogen and oxygen atoms in total. The van der Waals surface area contributed by atoms with Crippen LogP contribution in [0.4, 0.5) is 18.9 Å². The average molecular weight is 458 g/mol. The molecule has 33 heavy (non-hydrogen) atoms. The van der Waals surface area contributed by atoms with Gasteiger partial charge in [-0.05, 0) is 54.2 Å². The minimum Gasteiger partial charge on any atom is -0.396 e.